The minimum atomic E-state index is -4.63. The summed E-state index contributed by atoms with van der Waals surface area (Å²) in [4.78, 5) is 37.6. The Balaban J connectivity index is 4.22. The van der Waals surface area contributed by atoms with Crippen LogP contribution < -0.4 is 4.89 Å². The van der Waals surface area contributed by atoms with E-state index in [1.54, 1.807) is 0 Å². The summed E-state index contributed by atoms with van der Waals surface area (Å²) in [6.45, 7) is 4.20. The van der Waals surface area contributed by atoms with Crippen molar-refractivity contribution in [3.05, 3.63) is 48.6 Å². The van der Waals surface area contributed by atoms with Crippen molar-refractivity contribution in [2.75, 3.05) is 47.5 Å². The van der Waals surface area contributed by atoms with Gasteiger partial charge in [0.2, 0.25) is 0 Å². The highest BCUT2D eigenvalue weighted by Gasteiger charge is 2.21. The van der Waals surface area contributed by atoms with Crippen LogP contribution in [0.3, 0.4) is 0 Å². The molecule has 0 spiro atoms. The monoisotopic (exact) mass is 894 g/mol. The molecule has 0 aliphatic carbocycles. The van der Waals surface area contributed by atoms with Crippen LogP contribution in [-0.2, 0) is 32.7 Å². The van der Waals surface area contributed by atoms with Crippen molar-refractivity contribution in [1.29, 1.82) is 0 Å². The van der Waals surface area contributed by atoms with Gasteiger partial charge >= 0.3 is 11.9 Å². The molecule has 0 amide bonds. The summed E-state index contributed by atoms with van der Waals surface area (Å²) in [6, 6.07) is 0. The first kappa shape index (κ1) is 60.0. The van der Waals surface area contributed by atoms with Crippen molar-refractivity contribution in [2.24, 2.45) is 0 Å². The van der Waals surface area contributed by atoms with Gasteiger partial charge in [0.15, 0.2) is 6.10 Å². The van der Waals surface area contributed by atoms with Crippen LogP contribution in [0.4, 0.5) is 0 Å². The van der Waals surface area contributed by atoms with Gasteiger partial charge in [-0.1, -0.05) is 178 Å². The summed E-state index contributed by atoms with van der Waals surface area (Å²) in [6.07, 6.45) is 52.8. The van der Waals surface area contributed by atoms with Gasteiger partial charge in [0, 0.05) is 12.8 Å². The summed E-state index contributed by atoms with van der Waals surface area (Å²) in [5.74, 6) is -0.847. The molecule has 0 aromatic carbocycles. The van der Waals surface area contributed by atoms with Gasteiger partial charge in [-0.2, -0.15) is 0 Å². The summed E-state index contributed by atoms with van der Waals surface area (Å²) >= 11 is 0. The number of unbranched alkanes of at least 4 members (excludes halogenated alkanes) is 24. The normalized spacial score (nSPS) is 13.8. The lowest BCUT2D eigenvalue weighted by atomic mass is 10.0. The number of ether oxygens (including phenoxy) is 2. The van der Waals surface area contributed by atoms with Crippen LogP contribution >= 0.6 is 7.82 Å². The zero-order valence-electron chi connectivity index (χ0n) is 40.8. The van der Waals surface area contributed by atoms with Gasteiger partial charge in [-0.3, -0.25) is 14.2 Å². The number of phosphoric ester groups is 1. The Hall–Kier alpha value is -2.03. The van der Waals surface area contributed by atoms with Crippen molar-refractivity contribution in [2.45, 2.75) is 225 Å². The van der Waals surface area contributed by atoms with Crippen LogP contribution in [0.15, 0.2) is 48.6 Å². The first-order valence-corrected chi connectivity index (χ1v) is 26.8. The van der Waals surface area contributed by atoms with Gasteiger partial charge in [0.1, 0.15) is 19.8 Å². The van der Waals surface area contributed by atoms with E-state index in [1.807, 2.05) is 21.1 Å². The Morgan fingerprint density at radius 1 is 0.500 bits per heavy atom. The fourth-order valence-electron chi connectivity index (χ4n) is 6.83. The molecule has 0 bridgehead atoms. The predicted molar refractivity (Wildman–Crippen MR) is 259 cm³/mol. The molecule has 9 nitrogen and oxygen atoms in total. The Kier molecular flexibility index (Phi) is 42.7. The van der Waals surface area contributed by atoms with Crippen LogP contribution in [0.5, 0.6) is 0 Å². The largest absolute Gasteiger partial charge is 0.756 e. The zero-order valence-corrected chi connectivity index (χ0v) is 41.7. The highest BCUT2D eigenvalue weighted by Crippen LogP contribution is 2.38. The SMILES string of the molecule is CCCCCC/C=C\CCCCCCCC(=O)OCC(COP(=O)([O-])OCC[N+](C)(C)C)OC(=O)CCCCCCCCCCCC/C=C\C/C=C\C/C=C\CCCCCCC. The number of carbonyl (C=O) groups excluding carboxylic acids is 2. The zero-order chi connectivity index (χ0) is 45.7. The number of hydrogen-bond acceptors (Lipinski definition) is 8. The maximum atomic E-state index is 12.7. The Bertz CT molecular complexity index is 1190. The lowest BCUT2D eigenvalue weighted by Crippen LogP contribution is -2.37. The van der Waals surface area contributed by atoms with Crippen LogP contribution in [0, 0.1) is 0 Å². The molecule has 0 N–H and O–H groups in total. The van der Waals surface area contributed by atoms with Crippen LogP contribution in [0.1, 0.15) is 219 Å². The van der Waals surface area contributed by atoms with E-state index in [1.165, 1.54) is 109 Å². The molecule has 0 rings (SSSR count). The molecule has 0 aromatic heterocycles. The number of nitrogens with zero attached hydrogens (tertiary/aromatic N) is 1. The molecular formula is C52H96NO8P. The van der Waals surface area contributed by atoms with Crippen molar-refractivity contribution >= 4 is 19.8 Å². The molecule has 62 heavy (non-hydrogen) atoms. The maximum absolute atomic E-state index is 12.7. The summed E-state index contributed by atoms with van der Waals surface area (Å²) in [7, 11) is 1.16. The quantitative estimate of drug-likeness (QED) is 0.0195. The van der Waals surface area contributed by atoms with Gasteiger partial charge in [0.05, 0.1) is 27.7 Å². The van der Waals surface area contributed by atoms with Gasteiger partial charge in [-0.25, -0.2) is 0 Å². The van der Waals surface area contributed by atoms with E-state index in [2.05, 4.69) is 62.5 Å². The van der Waals surface area contributed by atoms with E-state index in [9.17, 15) is 19.0 Å². The smallest absolute Gasteiger partial charge is 0.306 e. The third-order valence-electron chi connectivity index (χ3n) is 10.8. The van der Waals surface area contributed by atoms with Crippen LogP contribution in [-0.4, -0.2) is 70.0 Å². The molecule has 0 saturated heterocycles. The lowest BCUT2D eigenvalue weighted by Gasteiger charge is -2.28. The summed E-state index contributed by atoms with van der Waals surface area (Å²) in [5.41, 5.74) is 0. The van der Waals surface area contributed by atoms with Gasteiger partial charge in [-0.05, 0) is 77.0 Å². The molecule has 10 heteroatoms. The number of carbonyl (C=O) groups is 2. The molecule has 0 aliphatic rings. The molecule has 0 radical (unpaired) electrons. The third kappa shape index (κ3) is 47.4. The fourth-order valence-corrected chi connectivity index (χ4v) is 7.56. The molecule has 0 saturated carbocycles. The Labute approximate surface area is 382 Å². The minimum absolute atomic E-state index is 0.0338. The highest BCUT2D eigenvalue weighted by atomic mass is 31.2. The first-order valence-electron chi connectivity index (χ1n) is 25.3. The molecule has 362 valence electrons. The topological polar surface area (TPSA) is 111 Å². The fraction of sp³-hybridized carbons (Fsp3) is 0.808. The Morgan fingerprint density at radius 3 is 1.32 bits per heavy atom. The van der Waals surface area contributed by atoms with E-state index < -0.39 is 32.5 Å². The third-order valence-corrected chi connectivity index (χ3v) is 11.8. The molecule has 0 aliphatic heterocycles. The molecule has 0 aromatic rings. The summed E-state index contributed by atoms with van der Waals surface area (Å²) < 4.78 is 34.0. The highest BCUT2D eigenvalue weighted by molar-refractivity contribution is 7.45. The van der Waals surface area contributed by atoms with Crippen LogP contribution in [0.2, 0.25) is 0 Å². The number of esters is 2. The number of allylic oxidation sites excluding steroid dienone is 8. The van der Waals surface area contributed by atoms with Crippen molar-refractivity contribution in [3.8, 4) is 0 Å². The second-order valence-corrected chi connectivity index (χ2v) is 19.6. The van der Waals surface area contributed by atoms with E-state index in [0.29, 0.717) is 17.4 Å². The number of likely N-dealkylation sites (N-methyl/N-ethyl adjacent to an activating group) is 1. The number of hydrogen-bond donors (Lipinski definition) is 0. The predicted octanol–water partition coefficient (Wildman–Crippen LogP) is 14.4. The Morgan fingerprint density at radius 2 is 0.871 bits per heavy atom. The molecular weight excluding hydrogens is 798 g/mol. The van der Waals surface area contributed by atoms with Gasteiger partial charge in [0.25, 0.3) is 7.82 Å². The molecule has 0 fully saturated rings. The average molecular weight is 894 g/mol. The van der Waals surface area contributed by atoms with Crippen molar-refractivity contribution < 1.29 is 42.1 Å². The minimum Gasteiger partial charge on any atom is -0.756 e. The second kappa shape index (κ2) is 44.2. The average Bonchev–Trinajstić information content (AvgIpc) is 3.23. The van der Waals surface area contributed by atoms with Crippen molar-refractivity contribution in [1.82, 2.24) is 0 Å². The number of phosphoric acid groups is 1. The standard InChI is InChI=1S/C52H96NO8P/c1-6-8-10-12-14-16-18-20-21-22-23-24-25-26-27-28-29-30-31-33-35-37-39-41-43-45-52(55)61-50(49-60-62(56,57)59-47-46-53(3,4)5)48-58-51(54)44-42-40-38-36-34-32-19-17-15-13-11-9-7-2/h17-20,22-23,25-26,50H,6-16,21,24,27-49H2,1-5H3/b19-17-,20-18-,23-22-,26-25-. The van der Waals surface area contributed by atoms with Crippen molar-refractivity contribution in [3.63, 3.8) is 0 Å². The molecule has 0 heterocycles. The van der Waals surface area contributed by atoms with Gasteiger partial charge < -0.3 is 27.9 Å². The van der Waals surface area contributed by atoms with E-state index in [0.717, 1.165) is 77.0 Å². The maximum Gasteiger partial charge on any atom is 0.306 e. The first-order chi connectivity index (χ1) is 30.0. The second-order valence-electron chi connectivity index (χ2n) is 18.2. The summed E-state index contributed by atoms with van der Waals surface area (Å²) in [5, 5.41) is 0. The van der Waals surface area contributed by atoms with E-state index in [4.69, 9.17) is 18.5 Å². The number of rotatable bonds is 46. The van der Waals surface area contributed by atoms with E-state index in [-0.39, 0.29) is 26.1 Å². The van der Waals surface area contributed by atoms with E-state index >= 15 is 0 Å². The molecule has 2 atom stereocenters. The lowest BCUT2D eigenvalue weighted by molar-refractivity contribution is -0.870. The molecule has 2 unspecified atom stereocenters. The van der Waals surface area contributed by atoms with Crippen LogP contribution in [0.25, 0.3) is 0 Å². The number of quaternary nitrogens is 1. The van der Waals surface area contributed by atoms with Gasteiger partial charge in [-0.15, -0.1) is 0 Å².